The molecule has 0 atom stereocenters. The highest BCUT2D eigenvalue weighted by Gasteiger charge is 2.19. The molecule has 2 heterocycles. The number of rotatable bonds is 6. The van der Waals surface area contributed by atoms with Crippen LogP contribution in [-0.4, -0.2) is 45.8 Å². The molecular formula is C11H13N3O4S2. The Morgan fingerprint density at radius 3 is 2.80 bits per heavy atom. The predicted molar refractivity (Wildman–Crippen MR) is 74.6 cm³/mol. The lowest BCUT2D eigenvalue weighted by Gasteiger charge is -2.01. The molecule has 0 fully saturated rings. The number of carboxylic acid groups (broad SMARTS) is 1. The molecule has 7 nitrogen and oxygen atoms in total. The van der Waals surface area contributed by atoms with Gasteiger partial charge in [-0.25, -0.2) is 18.2 Å². The van der Waals surface area contributed by atoms with Crippen molar-refractivity contribution in [2.24, 2.45) is 0 Å². The molecule has 0 radical (unpaired) electrons. The van der Waals surface area contributed by atoms with E-state index in [1.165, 1.54) is 22.2 Å². The monoisotopic (exact) mass is 315 g/mol. The molecule has 1 N–H and O–H groups in total. The molecule has 0 bridgehead atoms. The van der Waals surface area contributed by atoms with E-state index in [0.29, 0.717) is 5.01 Å². The van der Waals surface area contributed by atoms with E-state index in [1.807, 2.05) is 0 Å². The quantitative estimate of drug-likeness (QED) is 0.857. The minimum atomic E-state index is -3.12. The van der Waals surface area contributed by atoms with Crippen molar-refractivity contribution in [1.82, 2.24) is 14.8 Å². The first kappa shape index (κ1) is 14.7. The SMILES string of the molecule is CCS(=O)(=O)CCn1cc(C(=O)O)c(-c2nccs2)n1. The molecule has 0 aromatic carbocycles. The largest absolute Gasteiger partial charge is 0.478 e. The van der Waals surface area contributed by atoms with Crippen LogP contribution in [0.15, 0.2) is 17.8 Å². The van der Waals surface area contributed by atoms with Crippen molar-refractivity contribution in [2.45, 2.75) is 13.5 Å². The van der Waals surface area contributed by atoms with E-state index in [1.54, 1.807) is 18.5 Å². The minimum Gasteiger partial charge on any atom is -0.478 e. The third-order valence-electron chi connectivity index (χ3n) is 2.70. The first-order valence-electron chi connectivity index (χ1n) is 5.84. The van der Waals surface area contributed by atoms with E-state index in [2.05, 4.69) is 10.1 Å². The first-order valence-corrected chi connectivity index (χ1v) is 8.54. The zero-order chi connectivity index (χ0) is 14.8. The van der Waals surface area contributed by atoms with Crippen LogP contribution in [0.25, 0.3) is 10.7 Å². The summed E-state index contributed by atoms with van der Waals surface area (Å²) in [5, 5.41) is 15.5. The van der Waals surface area contributed by atoms with Gasteiger partial charge in [-0.05, 0) is 0 Å². The molecular weight excluding hydrogens is 302 g/mol. The number of carbonyl (C=O) groups is 1. The van der Waals surface area contributed by atoms with Crippen molar-refractivity contribution in [3.05, 3.63) is 23.3 Å². The predicted octanol–water partition coefficient (Wildman–Crippen LogP) is 1.14. The Kier molecular flexibility index (Phi) is 4.19. The van der Waals surface area contributed by atoms with Gasteiger partial charge in [0.15, 0.2) is 9.84 Å². The van der Waals surface area contributed by atoms with Gasteiger partial charge in [0.2, 0.25) is 0 Å². The van der Waals surface area contributed by atoms with Crippen LogP contribution in [0.3, 0.4) is 0 Å². The Labute approximate surface area is 119 Å². The van der Waals surface area contributed by atoms with Crippen molar-refractivity contribution < 1.29 is 18.3 Å². The number of aromatic nitrogens is 3. The van der Waals surface area contributed by atoms with Gasteiger partial charge in [-0.3, -0.25) is 4.68 Å². The summed E-state index contributed by atoms with van der Waals surface area (Å²) in [4.78, 5) is 15.2. The normalized spacial score (nSPS) is 11.7. The molecule has 20 heavy (non-hydrogen) atoms. The van der Waals surface area contributed by atoms with Gasteiger partial charge < -0.3 is 5.11 Å². The van der Waals surface area contributed by atoms with Gasteiger partial charge in [-0.2, -0.15) is 5.10 Å². The molecule has 108 valence electrons. The molecule has 2 rings (SSSR count). The second kappa shape index (κ2) is 5.71. The van der Waals surface area contributed by atoms with Gasteiger partial charge in [0.05, 0.1) is 12.3 Å². The van der Waals surface area contributed by atoms with E-state index in [9.17, 15) is 13.2 Å². The average molecular weight is 315 g/mol. The number of carboxylic acids is 1. The maximum absolute atomic E-state index is 11.5. The van der Waals surface area contributed by atoms with Crippen molar-refractivity contribution >= 4 is 27.1 Å². The summed E-state index contributed by atoms with van der Waals surface area (Å²) >= 11 is 1.28. The lowest BCUT2D eigenvalue weighted by atomic mass is 10.2. The maximum atomic E-state index is 11.5. The van der Waals surface area contributed by atoms with Gasteiger partial charge in [0.25, 0.3) is 0 Å². The molecule has 0 aliphatic carbocycles. The molecule has 9 heteroatoms. The van der Waals surface area contributed by atoms with Crippen LogP contribution in [-0.2, 0) is 16.4 Å². The highest BCUT2D eigenvalue weighted by atomic mass is 32.2. The van der Waals surface area contributed by atoms with E-state index in [0.717, 1.165) is 0 Å². The lowest BCUT2D eigenvalue weighted by molar-refractivity contribution is 0.0697. The van der Waals surface area contributed by atoms with E-state index in [4.69, 9.17) is 5.11 Å². The second-order valence-electron chi connectivity index (χ2n) is 4.03. The molecule has 0 aliphatic rings. The summed E-state index contributed by atoms with van der Waals surface area (Å²) in [7, 11) is -3.12. The number of hydrogen-bond donors (Lipinski definition) is 1. The van der Waals surface area contributed by atoms with Gasteiger partial charge in [0.1, 0.15) is 16.3 Å². The van der Waals surface area contributed by atoms with Crippen LogP contribution in [0.5, 0.6) is 0 Å². The Morgan fingerprint density at radius 1 is 1.50 bits per heavy atom. The fourth-order valence-electron chi connectivity index (χ4n) is 1.57. The van der Waals surface area contributed by atoms with Crippen LogP contribution in [0.4, 0.5) is 0 Å². The topological polar surface area (TPSA) is 102 Å². The number of aryl methyl sites for hydroxylation is 1. The van der Waals surface area contributed by atoms with E-state index >= 15 is 0 Å². The number of hydrogen-bond acceptors (Lipinski definition) is 6. The van der Waals surface area contributed by atoms with Crippen molar-refractivity contribution in [1.29, 1.82) is 0 Å². The van der Waals surface area contributed by atoms with Gasteiger partial charge in [-0.15, -0.1) is 11.3 Å². The number of sulfone groups is 1. The van der Waals surface area contributed by atoms with Crippen LogP contribution >= 0.6 is 11.3 Å². The molecule has 0 saturated heterocycles. The Morgan fingerprint density at radius 2 is 2.25 bits per heavy atom. The second-order valence-corrected chi connectivity index (χ2v) is 7.40. The molecule has 0 aliphatic heterocycles. The summed E-state index contributed by atoms with van der Waals surface area (Å²) < 4.78 is 24.3. The third kappa shape index (κ3) is 3.23. The van der Waals surface area contributed by atoms with Crippen LogP contribution in [0.2, 0.25) is 0 Å². The van der Waals surface area contributed by atoms with Crippen molar-refractivity contribution in [2.75, 3.05) is 11.5 Å². The highest BCUT2D eigenvalue weighted by molar-refractivity contribution is 7.91. The standard InChI is InChI=1S/C11H13N3O4S2/c1-2-20(17,18)6-4-14-7-8(11(15)16)9(13-14)10-12-3-5-19-10/h3,5,7H,2,4,6H2,1H3,(H,15,16). The zero-order valence-electron chi connectivity index (χ0n) is 10.7. The Bertz CT molecular complexity index is 704. The Balaban J connectivity index is 2.29. The first-order chi connectivity index (χ1) is 9.43. The van der Waals surface area contributed by atoms with E-state index in [-0.39, 0.29) is 29.3 Å². The molecule has 0 unspecified atom stereocenters. The Hall–Kier alpha value is -1.74. The molecule has 2 aromatic heterocycles. The third-order valence-corrected chi connectivity index (χ3v) is 5.16. The van der Waals surface area contributed by atoms with Crippen LogP contribution in [0, 0.1) is 0 Å². The molecule has 0 saturated carbocycles. The fraction of sp³-hybridized carbons (Fsp3) is 0.364. The summed E-state index contributed by atoms with van der Waals surface area (Å²) in [6.45, 7) is 1.70. The summed E-state index contributed by atoms with van der Waals surface area (Å²) in [5.74, 6) is -1.12. The molecule has 2 aromatic rings. The fourth-order valence-corrected chi connectivity index (χ4v) is 2.96. The number of aromatic carboxylic acids is 1. The average Bonchev–Trinajstić information content (AvgIpc) is 3.05. The summed E-state index contributed by atoms with van der Waals surface area (Å²) in [6.07, 6.45) is 2.90. The van der Waals surface area contributed by atoms with Crippen LogP contribution < -0.4 is 0 Å². The van der Waals surface area contributed by atoms with E-state index < -0.39 is 15.8 Å². The smallest absolute Gasteiger partial charge is 0.339 e. The van der Waals surface area contributed by atoms with Crippen LogP contribution in [0.1, 0.15) is 17.3 Å². The summed E-state index contributed by atoms with van der Waals surface area (Å²) in [6, 6.07) is 0. The maximum Gasteiger partial charge on any atom is 0.339 e. The minimum absolute atomic E-state index is 0.0221. The zero-order valence-corrected chi connectivity index (χ0v) is 12.3. The van der Waals surface area contributed by atoms with Gasteiger partial charge in [0, 0.05) is 23.5 Å². The molecule has 0 amide bonds. The summed E-state index contributed by atoms with van der Waals surface area (Å²) in [5.41, 5.74) is 0.287. The highest BCUT2D eigenvalue weighted by Crippen LogP contribution is 2.24. The number of nitrogens with zero attached hydrogens (tertiary/aromatic N) is 3. The van der Waals surface area contributed by atoms with Gasteiger partial charge in [-0.1, -0.05) is 6.92 Å². The lowest BCUT2D eigenvalue weighted by Crippen LogP contribution is -2.15. The van der Waals surface area contributed by atoms with Crippen molar-refractivity contribution in [3.8, 4) is 10.7 Å². The van der Waals surface area contributed by atoms with Gasteiger partial charge >= 0.3 is 5.97 Å². The van der Waals surface area contributed by atoms with Crippen molar-refractivity contribution in [3.63, 3.8) is 0 Å². The number of thiazole rings is 1. The molecule has 0 spiro atoms.